The summed E-state index contributed by atoms with van der Waals surface area (Å²) in [6.07, 6.45) is 1.45. The standard InChI is InChI=1S/C16H19N2OP/c1-4-12-6-5-7-13(8-12)16-10-15(18(2)3)9-14(17-16)11-20-19/h5-10H,4,11H2,1-3H3. The molecule has 0 spiro atoms. The molecule has 1 heterocycles. The third-order valence-corrected chi connectivity index (χ3v) is 3.69. The lowest BCUT2D eigenvalue weighted by Gasteiger charge is -2.15. The fraction of sp³-hybridized carbons (Fsp3) is 0.312. The van der Waals surface area contributed by atoms with Gasteiger partial charge in [-0.15, -0.1) is 0 Å². The van der Waals surface area contributed by atoms with E-state index in [4.69, 9.17) is 0 Å². The maximum absolute atomic E-state index is 10.8. The molecule has 2 aromatic rings. The minimum absolute atomic E-state index is 0.101. The fourth-order valence-corrected chi connectivity index (χ4v) is 2.37. The van der Waals surface area contributed by atoms with Gasteiger partial charge < -0.3 is 4.90 Å². The summed E-state index contributed by atoms with van der Waals surface area (Å²) in [5.41, 5.74) is 5.27. The second-order valence-corrected chi connectivity index (χ2v) is 5.51. The van der Waals surface area contributed by atoms with Gasteiger partial charge in [-0.05, 0) is 30.2 Å². The minimum Gasteiger partial charge on any atom is -0.378 e. The molecule has 1 aromatic heterocycles. The largest absolute Gasteiger partial charge is 0.378 e. The molecule has 0 unspecified atom stereocenters. The van der Waals surface area contributed by atoms with E-state index in [1.165, 1.54) is 5.56 Å². The van der Waals surface area contributed by atoms with E-state index in [0.717, 1.165) is 29.1 Å². The van der Waals surface area contributed by atoms with Crippen molar-refractivity contribution in [3.8, 4) is 11.3 Å². The van der Waals surface area contributed by atoms with Gasteiger partial charge in [0.1, 0.15) is 0 Å². The Morgan fingerprint density at radius 2 is 2.00 bits per heavy atom. The van der Waals surface area contributed by atoms with Crippen molar-refractivity contribution < 1.29 is 4.57 Å². The van der Waals surface area contributed by atoms with Gasteiger partial charge in [0.25, 0.3) is 0 Å². The van der Waals surface area contributed by atoms with Crippen LogP contribution < -0.4 is 4.90 Å². The molecule has 4 heteroatoms. The zero-order chi connectivity index (χ0) is 14.5. The van der Waals surface area contributed by atoms with Crippen molar-refractivity contribution in [1.82, 2.24) is 4.98 Å². The Hall–Kier alpha value is -1.73. The van der Waals surface area contributed by atoms with Gasteiger partial charge in [0.05, 0.1) is 17.5 Å². The van der Waals surface area contributed by atoms with Gasteiger partial charge in [-0.3, -0.25) is 9.55 Å². The SMILES string of the molecule is CCc1cccc(-c2cc(N(C)C)cc(CP=O)n2)c1. The summed E-state index contributed by atoms with van der Waals surface area (Å²) in [6, 6.07) is 12.5. The summed E-state index contributed by atoms with van der Waals surface area (Å²) in [4.78, 5) is 6.66. The number of aryl methyl sites for hydroxylation is 1. The summed E-state index contributed by atoms with van der Waals surface area (Å²) in [5, 5.41) is 0. The van der Waals surface area contributed by atoms with Gasteiger partial charge in [-0.2, -0.15) is 0 Å². The minimum atomic E-state index is 0.101. The molecule has 20 heavy (non-hydrogen) atoms. The van der Waals surface area contributed by atoms with E-state index >= 15 is 0 Å². The lowest BCUT2D eigenvalue weighted by atomic mass is 10.1. The maximum Gasteiger partial charge on any atom is 0.161 e. The Kier molecular flexibility index (Phi) is 4.86. The molecule has 3 nitrogen and oxygen atoms in total. The zero-order valence-corrected chi connectivity index (χ0v) is 13.0. The van der Waals surface area contributed by atoms with E-state index in [1.807, 2.05) is 25.1 Å². The van der Waals surface area contributed by atoms with Crippen LogP contribution in [-0.4, -0.2) is 19.1 Å². The first kappa shape index (κ1) is 14.7. The fourth-order valence-electron chi connectivity index (χ4n) is 2.08. The van der Waals surface area contributed by atoms with Crippen LogP contribution in [0.3, 0.4) is 0 Å². The molecule has 0 bridgehead atoms. The topological polar surface area (TPSA) is 33.2 Å². The van der Waals surface area contributed by atoms with Gasteiger partial charge in [-0.25, -0.2) is 0 Å². The maximum atomic E-state index is 10.8. The van der Waals surface area contributed by atoms with Crippen molar-refractivity contribution in [3.05, 3.63) is 47.7 Å². The van der Waals surface area contributed by atoms with Gasteiger partial charge in [0, 0.05) is 25.3 Å². The summed E-state index contributed by atoms with van der Waals surface area (Å²) in [5.74, 6) is 0. The van der Waals surface area contributed by atoms with Crippen LogP contribution >= 0.6 is 8.46 Å². The Balaban J connectivity index is 2.50. The molecule has 0 aliphatic carbocycles. The molecule has 2 rings (SSSR count). The molecule has 0 saturated heterocycles. The summed E-state index contributed by atoms with van der Waals surface area (Å²) >= 11 is 0. The van der Waals surface area contributed by atoms with E-state index in [9.17, 15) is 4.57 Å². The average Bonchev–Trinajstić information content (AvgIpc) is 2.47. The highest BCUT2D eigenvalue weighted by molar-refractivity contribution is 7.22. The van der Waals surface area contributed by atoms with Gasteiger partial charge in [0.15, 0.2) is 8.46 Å². The number of aromatic nitrogens is 1. The number of anilines is 1. The van der Waals surface area contributed by atoms with Gasteiger partial charge in [0.2, 0.25) is 0 Å². The number of nitrogens with zero attached hydrogens (tertiary/aromatic N) is 2. The van der Waals surface area contributed by atoms with Crippen LogP contribution in [0.5, 0.6) is 0 Å². The molecular weight excluding hydrogens is 267 g/mol. The lowest BCUT2D eigenvalue weighted by molar-refractivity contribution is 0.598. The third kappa shape index (κ3) is 3.43. The predicted molar refractivity (Wildman–Crippen MR) is 84.7 cm³/mol. The highest BCUT2D eigenvalue weighted by Gasteiger charge is 2.07. The predicted octanol–water partition coefficient (Wildman–Crippen LogP) is 4.17. The number of benzene rings is 1. The number of hydrogen-bond acceptors (Lipinski definition) is 3. The molecule has 0 atom stereocenters. The van der Waals surface area contributed by atoms with E-state index < -0.39 is 0 Å². The Labute approximate surface area is 121 Å². The molecule has 0 aliphatic heterocycles. The first-order valence-corrected chi connectivity index (χ1v) is 7.70. The van der Waals surface area contributed by atoms with Crippen LogP contribution in [0.2, 0.25) is 0 Å². The van der Waals surface area contributed by atoms with Crippen molar-refractivity contribution in [2.24, 2.45) is 0 Å². The number of rotatable bonds is 5. The molecule has 0 amide bonds. The van der Waals surface area contributed by atoms with Crippen LogP contribution in [0.25, 0.3) is 11.3 Å². The van der Waals surface area contributed by atoms with E-state index in [1.54, 1.807) is 0 Å². The van der Waals surface area contributed by atoms with E-state index in [-0.39, 0.29) is 8.46 Å². The third-order valence-electron chi connectivity index (χ3n) is 3.24. The molecule has 0 fully saturated rings. The first-order chi connectivity index (χ1) is 9.63. The van der Waals surface area contributed by atoms with Crippen molar-refractivity contribution >= 4 is 14.1 Å². The van der Waals surface area contributed by atoms with Crippen molar-refractivity contribution in [3.63, 3.8) is 0 Å². The van der Waals surface area contributed by atoms with E-state index in [0.29, 0.717) is 6.16 Å². The molecule has 1 aromatic carbocycles. The van der Waals surface area contributed by atoms with E-state index in [2.05, 4.69) is 42.2 Å². The highest BCUT2D eigenvalue weighted by Crippen LogP contribution is 2.25. The smallest absolute Gasteiger partial charge is 0.161 e. The zero-order valence-electron chi connectivity index (χ0n) is 12.1. The van der Waals surface area contributed by atoms with Crippen molar-refractivity contribution in [1.29, 1.82) is 0 Å². The van der Waals surface area contributed by atoms with Crippen LogP contribution in [0.1, 0.15) is 18.2 Å². The van der Waals surface area contributed by atoms with Crippen molar-refractivity contribution in [2.75, 3.05) is 19.0 Å². The summed E-state index contributed by atoms with van der Waals surface area (Å²) < 4.78 is 10.8. The molecule has 0 radical (unpaired) electrons. The van der Waals surface area contributed by atoms with Crippen LogP contribution in [0, 0.1) is 0 Å². The van der Waals surface area contributed by atoms with Crippen LogP contribution in [-0.2, 0) is 17.1 Å². The van der Waals surface area contributed by atoms with Gasteiger partial charge >= 0.3 is 0 Å². The summed E-state index contributed by atoms with van der Waals surface area (Å²) in [7, 11) is 4.10. The Bertz CT molecular complexity index is 611. The number of hydrogen-bond donors (Lipinski definition) is 0. The molecule has 0 N–H and O–H groups in total. The molecule has 0 saturated carbocycles. The van der Waals surface area contributed by atoms with Crippen LogP contribution in [0.15, 0.2) is 36.4 Å². The number of pyridine rings is 1. The molecule has 104 valence electrons. The molecule has 0 aliphatic rings. The monoisotopic (exact) mass is 286 g/mol. The quantitative estimate of drug-likeness (QED) is 0.773. The summed E-state index contributed by atoms with van der Waals surface area (Å²) in [6.45, 7) is 2.14. The van der Waals surface area contributed by atoms with Gasteiger partial charge in [-0.1, -0.05) is 25.1 Å². The van der Waals surface area contributed by atoms with Crippen LogP contribution in [0.4, 0.5) is 5.69 Å². The normalized spacial score (nSPS) is 10.8. The lowest BCUT2D eigenvalue weighted by Crippen LogP contribution is -2.09. The average molecular weight is 286 g/mol. The second-order valence-electron chi connectivity index (χ2n) is 4.94. The first-order valence-electron chi connectivity index (χ1n) is 6.70. The Morgan fingerprint density at radius 3 is 2.65 bits per heavy atom. The second kappa shape index (κ2) is 6.62. The molecular formula is C16H19N2OP. The highest BCUT2D eigenvalue weighted by atomic mass is 31.1. The van der Waals surface area contributed by atoms with Crippen molar-refractivity contribution in [2.45, 2.75) is 19.5 Å². The Morgan fingerprint density at radius 1 is 1.20 bits per heavy atom.